The van der Waals surface area contributed by atoms with Crippen molar-refractivity contribution in [3.05, 3.63) is 54.0 Å². The Morgan fingerprint density at radius 3 is 2.59 bits per heavy atom. The van der Waals surface area contributed by atoms with E-state index in [1.54, 1.807) is 10.9 Å². The summed E-state index contributed by atoms with van der Waals surface area (Å²) in [6.07, 6.45) is 7.36. The van der Waals surface area contributed by atoms with Gasteiger partial charge in [-0.3, -0.25) is 4.79 Å². The van der Waals surface area contributed by atoms with E-state index >= 15 is 0 Å². The van der Waals surface area contributed by atoms with Gasteiger partial charge in [-0.05, 0) is 49.2 Å². The molecule has 1 aliphatic rings. The summed E-state index contributed by atoms with van der Waals surface area (Å²) in [5.41, 5.74) is 7.52. The maximum Gasteiger partial charge on any atom is 0.251 e. The second kappa shape index (κ2) is 7.83. The van der Waals surface area contributed by atoms with Crippen molar-refractivity contribution >= 4 is 22.5 Å². The fraction of sp³-hybridized carbons (Fsp3) is 0.364. The number of nitrogens with two attached hydrogens (primary N) is 1. The summed E-state index contributed by atoms with van der Waals surface area (Å²) in [4.78, 5) is 11.6. The third kappa shape index (κ3) is 3.96. The van der Waals surface area contributed by atoms with Crippen LogP contribution in [0.3, 0.4) is 0 Å². The summed E-state index contributed by atoms with van der Waals surface area (Å²) in [6, 6.07) is 10.1. The van der Waals surface area contributed by atoms with Gasteiger partial charge in [0.2, 0.25) is 0 Å². The highest BCUT2D eigenvalue weighted by molar-refractivity contribution is 6.04. The minimum Gasteiger partial charge on any atom is -0.396 e. The second-order valence-electron chi connectivity index (χ2n) is 7.95. The molecular weight excluding hydrogens is 371 g/mol. The Hall–Kier alpha value is -2.93. The van der Waals surface area contributed by atoms with Crippen LogP contribution in [0.4, 0.5) is 10.1 Å². The number of fused-ring (bicyclic) bond motifs is 1. The Labute approximate surface area is 168 Å². The number of aliphatic hydroxyl groups excluding tert-OH is 1. The zero-order valence-electron chi connectivity index (χ0n) is 16.2. The number of nitrogens with one attached hydrogen (secondary N) is 1. The number of amides is 1. The third-order valence-corrected chi connectivity index (χ3v) is 5.89. The van der Waals surface area contributed by atoms with Crippen molar-refractivity contribution in [2.75, 3.05) is 18.5 Å². The van der Waals surface area contributed by atoms with Crippen molar-refractivity contribution in [1.29, 1.82) is 0 Å². The van der Waals surface area contributed by atoms with Crippen LogP contribution in [0.25, 0.3) is 16.6 Å². The van der Waals surface area contributed by atoms with Crippen LogP contribution in [-0.4, -0.2) is 33.9 Å². The lowest BCUT2D eigenvalue weighted by Gasteiger charge is -2.36. The summed E-state index contributed by atoms with van der Waals surface area (Å²) < 4.78 is 15.4. The van der Waals surface area contributed by atoms with Gasteiger partial charge in [0.1, 0.15) is 11.3 Å². The van der Waals surface area contributed by atoms with Gasteiger partial charge in [-0.1, -0.05) is 19.3 Å². The van der Waals surface area contributed by atoms with Crippen LogP contribution >= 0.6 is 0 Å². The van der Waals surface area contributed by atoms with Crippen molar-refractivity contribution in [1.82, 2.24) is 9.78 Å². The van der Waals surface area contributed by atoms with E-state index in [1.807, 2.05) is 24.3 Å². The van der Waals surface area contributed by atoms with Crippen LogP contribution in [0, 0.1) is 11.2 Å². The molecule has 1 amide bonds. The lowest BCUT2D eigenvalue weighted by molar-refractivity contribution is 0.0944. The molecular formula is C22H25FN4O2. The molecule has 3 aromatic rings. The Kier molecular flexibility index (Phi) is 5.24. The number of benzene rings is 2. The molecule has 1 heterocycles. The average molecular weight is 396 g/mol. The molecule has 4 rings (SSSR count). The molecule has 152 valence electrons. The molecule has 0 saturated heterocycles. The lowest BCUT2D eigenvalue weighted by Crippen LogP contribution is -2.35. The molecule has 0 radical (unpaired) electrons. The smallest absolute Gasteiger partial charge is 0.251 e. The van der Waals surface area contributed by atoms with Gasteiger partial charge >= 0.3 is 0 Å². The molecule has 0 aliphatic heterocycles. The van der Waals surface area contributed by atoms with Crippen LogP contribution < -0.4 is 11.1 Å². The molecule has 2 aromatic carbocycles. The topological polar surface area (TPSA) is 93.2 Å². The first-order chi connectivity index (χ1) is 14.0. The molecule has 1 saturated carbocycles. The van der Waals surface area contributed by atoms with Crippen molar-refractivity contribution in [2.45, 2.75) is 32.1 Å². The SMILES string of the molecule is NC(=O)c1cc(F)cc2cn(-c3ccc(NCC4(CO)CCCCC4)cc3)nc12. The van der Waals surface area contributed by atoms with Crippen LogP contribution in [0.15, 0.2) is 42.6 Å². The Balaban J connectivity index is 1.53. The molecule has 29 heavy (non-hydrogen) atoms. The van der Waals surface area contributed by atoms with Gasteiger partial charge in [0, 0.05) is 29.2 Å². The van der Waals surface area contributed by atoms with Crippen molar-refractivity contribution < 1.29 is 14.3 Å². The number of aliphatic hydroxyl groups is 1. The predicted octanol–water partition coefficient (Wildman–Crippen LogP) is 3.62. The van der Waals surface area contributed by atoms with E-state index in [4.69, 9.17) is 5.73 Å². The van der Waals surface area contributed by atoms with Gasteiger partial charge in [-0.25, -0.2) is 9.07 Å². The molecule has 4 N–H and O–H groups in total. The molecule has 1 fully saturated rings. The maximum atomic E-state index is 13.7. The molecule has 0 unspecified atom stereocenters. The highest BCUT2D eigenvalue weighted by Gasteiger charge is 2.31. The van der Waals surface area contributed by atoms with Gasteiger partial charge in [-0.15, -0.1) is 0 Å². The molecule has 6 nitrogen and oxygen atoms in total. The average Bonchev–Trinajstić information content (AvgIpc) is 3.16. The van der Waals surface area contributed by atoms with E-state index in [0.29, 0.717) is 10.9 Å². The van der Waals surface area contributed by atoms with E-state index in [1.165, 1.54) is 25.3 Å². The Morgan fingerprint density at radius 1 is 1.21 bits per heavy atom. The quantitative estimate of drug-likeness (QED) is 0.593. The van der Waals surface area contributed by atoms with E-state index in [2.05, 4.69) is 10.4 Å². The number of nitrogens with zero attached hydrogens (tertiary/aromatic N) is 2. The van der Waals surface area contributed by atoms with Crippen LogP contribution in [0.5, 0.6) is 0 Å². The Morgan fingerprint density at radius 2 is 1.93 bits per heavy atom. The van der Waals surface area contributed by atoms with Crippen LogP contribution in [0.1, 0.15) is 42.5 Å². The number of aromatic nitrogens is 2. The second-order valence-corrected chi connectivity index (χ2v) is 7.95. The number of carbonyl (C=O) groups excluding carboxylic acids is 1. The summed E-state index contributed by atoms with van der Waals surface area (Å²) in [6.45, 7) is 0.951. The van der Waals surface area contributed by atoms with Crippen molar-refractivity contribution in [3.63, 3.8) is 0 Å². The number of primary amides is 1. The summed E-state index contributed by atoms with van der Waals surface area (Å²) >= 11 is 0. The van der Waals surface area contributed by atoms with E-state index in [0.717, 1.165) is 36.8 Å². The highest BCUT2D eigenvalue weighted by atomic mass is 19.1. The normalized spacial score (nSPS) is 16.1. The van der Waals surface area contributed by atoms with Gasteiger partial charge in [0.05, 0.1) is 17.9 Å². The van der Waals surface area contributed by atoms with E-state index < -0.39 is 11.7 Å². The number of hydrogen-bond donors (Lipinski definition) is 3. The van der Waals surface area contributed by atoms with Gasteiger partial charge < -0.3 is 16.2 Å². The molecule has 1 aliphatic carbocycles. The zero-order chi connectivity index (χ0) is 20.4. The first-order valence-electron chi connectivity index (χ1n) is 9.94. The monoisotopic (exact) mass is 396 g/mol. The first kappa shape index (κ1) is 19.4. The lowest BCUT2D eigenvalue weighted by atomic mass is 9.74. The first-order valence-corrected chi connectivity index (χ1v) is 9.94. The van der Waals surface area contributed by atoms with Gasteiger partial charge in [0.15, 0.2) is 0 Å². The number of hydrogen-bond acceptors (Lipinski definition) is 4. The van der Waals surface area contributed by atoms with Crippen LogP contribution in [-0.2, 0) is 0 Å². The Bertz CT molecular complexity index is 1020. The fourth-order valence-corrected chi connectivity index (χ4v) is 4.13. The number of carbonyl (C=O) groups is 1. The largest absolute Gasteiger partial charge is 0.396 e. The summed E-state index contributed by atoms with van der Waals surface area (Å²) in [7, 11) is 0. The van der Waals surface area contributed by atoms with Crippen LogP contribution in [0.2, 0.25) is 0 Å². The number of anilines is 1. The fourth-order valence-electron chi connectivity index (χ4n) is 4.13. The summed E-state index contributed by atoms with van der Waals surface area (Å²) in [5, 5.41) is 18.2. The van der Waals surface area contributed by atoms with Crippen molar-refractivity contribution in [3.8, 4) is 5.69 Å². The van der Waals surface area contributed by atoms with Crippen molar-refractivity contribution in [2.24, 2.45) is 11.1 Å². The van der Waals surface area contributed by atoms with E-state index in [9.17, 15) is 14.3 Å². The number of halogens is 1. The summed E-state index contributed by atoms with van der Waals surface area (Å²) in [5.74, 6) is -1.23. The zero-order valence-corrected chi connectivity index (χ0v) is 16.2. The number of rotatable bonds is 6. The molecule has 0 bridgehead atoms. The molecule has 0 atom stereocenters. The molecule has 7 heteroatoms. The maximum absolute atomic E-state index is 13.7. The highest BCUT2D eigenvalue weighted by Crippen LogP contribution is 2.36. The van der Waals surface area contributed by atoms with Gasteiger partial charge in [-0.2, -0.15) is 5.10 Å². The minimum atomic E-state index is -0.708. The van der Waals surface area contributed by atoms with Gasteiger partial charge in [0.25, 0.3) is 5.91 Å². The standard InChI is InChI=1S/C22H25FN4O2/c23-16-10-15-12-27(26-20(15)19(11-16)21(24)29)18-6-4-17(5-7-18)25-13-22(14-28)8-2-1-3-9-22/h4-7,10-12,25,28H,1-3,8-9,13-14H2,(H2,24,29). The molecule has 1 aromatic heterocycles. The minimum absolute atomic E-state index is 0.0358. The van der Waals surface area contributed by atoms with E-state index in [-0.39, 0.29) is 17.6 Å². The third-order valence-electron chi connectivity index (χ3n) is 5.89. The molecule has 0 spiro atoms. The predicted molar refractivity (Wildman–Crippen MR) is 111 cm³/mol.